The number of phenolic OH excluding ortho intramolecular Hbond substituents is 1. The predicted octanol–water partition coefficient (Wildman–Crippen LogP) is 1.56. The van der Waals surface area contributed by atoms with Crippen LogP contribution in [-0.4, -0.2) is 31.8 Å². The van der Waals surface area contributed by atoms with Gasteiger partial charge < -0.3 is 19.9 Å². The largest absolute Gasteiger partial charge is 0.502 e. The summed E-state index contributed by atoms with van der Waals surface area (Å²) >= 11 is 0. The smallest absolute Gasteiger partial charge is 0.243 e. The number of rotatable bonds is 5. The lowest BCUT2D eigenvalue weighted by atomic mass is 10.1. The highest BCUT2D eigenvalue weighted by molar-refractivity contribution is 5.91. The molecule has 0 heterocycles. The molecule has 1 amide bonds. The average molecular weight is 251 g/mol. The molecule has 18 heavy (non-hydrogen) atoms. The topological polar surface area (TPSA) is 67.8 Å². The van der Waals surface area contributed by atoms with Crippen molar-refractivity contribution in [3.8, 4) is 17.2 Å². The first-order valence-corrected chi connectivity index (χ1v) is 5.53. The fourth-order valence-corrected chi connectivity index (χ4v) is 1.42. The van der Waals surface area contributed by atoms with Crippen molar-refractivity contribution in [1.29, 1.82) is 0 Å². The number of methoxy groups -OCH3 is 2. The van der Waals surface area contributed by atoms with Gasteiger partial charge >= 0.3 is 0 Å². The first-order valence-electron chi connectivity index (χ1n) is 5.53. The van der Waals surface area contributed by atoms with Crippen molar-refractivity contribution in [2.45, 2.75) is 6.92 Å². The molecule has 5 nitrogen and oxygen atoms in total. The minimum Gasteiger partial charge on any atom is -0.502 e. The molecule has 98 valence electrons. The third-order valence-corrected chi connectivity index (χ3v) is 2.28. The number of nitrogens with one attached hydrogen (secondary N) is 1. The van der Waals surface area contributed by atoms with Gasteiger partial charge in [-0.3, -0.25) is 4.79 Å². The van der Waals surface area contributed by atoms with Crippen molar-refractivity contribution in [2.75, 3.05) is 20.8 Å². The van der Waals surface area contributed by atoms with Crippen molar-refractivity contribution in [3.63, 3.8) is 0 Å². The van der Waals surface area contributed by atoms with Gasteiger partial charge in [0, 0.05) is 12.6 Å². The fourth-order valence-electron chi connectivity index (χ4n) is 1.42. The Morgan fingerprint density at radius 2 is 1.89 bits per heavy atom. The van der Waals surface area contributed by atoms with Gasteiger partial charge in [-0.2, -0.15) is 0 Å². The van der Waals surface area contributed by atoms with Crippen LogP contribution >= 0.6 is 0 Å². The van der Waals surface area contributed by atoms with Gasteiger partial charge in [0.05, 0.1) is 14.2 Å². The van der Waals surface area contributed by atoms with Gasteiger partial charge in [0.15, 0.2) is 11.5 Å². The number of ether oxygens (including phenoxy) is 2. The van der Waals surface area contributed by atoms with Crippen LogP contribution in [0.5, 0.6) is 17.2 Å². The minimum atomic E-state index is -0.177. The lowest BCUT2D eigenvalue weighted by Gasteiger charge is -2.09. The summed E-state index contributed by atoms with van der Waals surface area (Å²) in [6.07, 6.45) is 3.03. The molecular weight excluding hydrogens is 234 g/mol. The second-order valence-electron chi connectivity index (χ2n) is 3.50. The Morgan fingerprint density at radius 3 is 2.33 bits per heavy atom. The number of hydrogen-bond donors (Lipinski definition) is 2. The van der Waals surface area contributed by atoms with Gasteiger partial charge in [-0.05, 0) is 30.7 Å². The highest BCUT2D eigenvalue weighted by Gasteiger charge is 2.09. The standard InChI is InChI=1S/C13H17NO4/c1-4-14-12(15)6-5-9-7-10(17-2)13(16)11(8-9)18-3/h5-8,16H,4H2,1-3H3,(H,14,15). The molecule has 0 radical (unpaired) electrons. The summed E-state index contributed by atoms with van der Waals surface area (Å²) < 4.78 is 10.0. The van der Waals surface area contributed by atoms with Crippen molar-refractivity contribution in [2.24, 2.45) is 0 Å². The van der Waals surface area contributed by atoms with Crippen LogP contribution in [0.2, 0.25) is 0 Å². The number of hydrogen-bond acceptors (Lipinski definition) is 4. The Balaban J connectivity index is 2.99. The quantitative estimate of drug-likeness (QED) is 0.779. The molecule has 0 aliphatic rings. The molecule has 0 saturated heterocycles. The molecule has 5 heteroatoms. The maximum absolute atomic E-state index is 11.3. The highest BCUT2D eigenvalue weighted by Crippen LogP contribution is 2.37. The van der Waals surface area contributed by atoms with E-state index in [4.69, 9.17) is 9.47 Å². The van der Waals surface area contributed by atoms with Crippen molar-refractivity contribution < 1.29 is 19.4 Å². The van der Waals surface area contributed by atoms with E-state index in [0.29, 0.717) is 23.6 Å². The average Bonchev–Trinajstić information content (AvgIpc) is 2.37. The first-order chi connectivity index (χ1) is 8.62. The molecule has 2 N–H and O–H groups in total. The van der Waals surface area contributed by atoms with Gasteiger partial charge in [-0.1, -0.05) is 0 Å². The maximum atomic E-state index is 11.3. The van der Waals surface area contributed by atoms with Crippen LogP contribution in [0.4, 0.5) is 0 Å². The zero-order valence-electron chi connectivity index (χ0n) is 10.7. The van der Waals surface area contributed by atoms with E-state index in [2.05, 4.69) is 5.32 Å². The predicted molar refractivity (Wildman–Crippen MR) is 68.9 cm³/mol. The van der Waals surface area contributed by atoms with Crippen LogP contribution in [-0.2, 0) is 4.79 Å². The van der Waals surface area contributed by atoms with Gasteiger partial charge in [-0.15, -0.1) is 0 Å². The Kier molecular flexibility index (Phi) is 5.05. The van der Waals surface area contributed by atoms with Gasteiger partial charge in [0.2, 0.25) is 11.7 Å². The number of amides is 1. The second kappa shape index (κ2) is 6.54. The monoisotopic (exact) mass is 251 g/mol. The van der Waals surface area contributed by atoms with E-state index in [-0.39, 0.29) is 11.7 Å². The summed E-state index contributed by atoms with van der Waals surface area (Å²) in [5, 5.41) is 12.4. The Labute approximate surface area is 106 Å². The number of benzene rings is 1. The molecule has 1 rings (SSSR count). The minimum absolute atomic E-state index is 0.0600. The molecule has 0 saturated carbocycles. The molecule has 1 aromatic carbocycles. The van der Waals surface area contributed by atoms with Gasteiger partial charge in [0.1, 0.15) is 0 Å². The number of carbonyl (C=O) groups is 1. The molecule has 0 aromatic heterocycles. The van der Waals surface area contributed by atoms with Gasteiger partial charge in [-0.25, -0.2) is 0 Å². The summed E-state index contributed by atoms with van der Waals surface area (Å²) in [7, 11) is 2.90. The molecule has 1 aromatic rings. The van der Waals surface area contributed by atoms with E-state index in [9.17, 15) is 9.90 Å². The summed E-state index contributed by atoms with van der Waals surface area (Å²) in [4.78, 5) is 11.3. The van der Waals surface area contributed by atoms with Gasteiger partial charge in [0.25, 0.3) is 0 Å². The maximum Gasteiger partial charge on any atom is 0.243 e. The zero-order chi connectivity index (χ0) is 13.5. The van der Waals surface area contributed by atoms with E-state index in [1.165, 1.54) is 20.3 Å². The zero-order valence-corrected chi connectivity index (χ0v) is 10.7. The highest BCUT2D eigenvalue weighted by atomic mass is 16.5. The molecular formula is C13H17NO4. The SMILES string of the molecule is CCNC(=O)C=Cc1cc(OC)c(O)c(OC)c1. The number of likely N-dealkylation sites (N-methyl/N-ethyl adjacent to an activating group) is 1. The number of carbonyl (C=O) groups excluding carboxylic acids is 1. The molecule has 0 fully saturated rings. The van der Waals surface area contributed by atoms with E-state index >= 15 is 0 Å². The third-order valence-electron chi connectivity index (χ3n) is 2.28. The Hall–Kier alpha value is -2.17. The number of phenols is 1. The van der Waals surface area contributed by atoms with E-state index in [1.807, 2.05) is 6.92 Å². The lowest BCUT2D eigenvalue weighted by Crippen LogP contribution is -2.19. The van der Waals surface area contributed by atoms with Crippen LogP contribution in [0.15, 0.2) is 18.2 Å². The second-order valence-corrected chi connectivity index (χ2v) is 3.50. The summed E-state index contributed by atoms with van der Waals surface area (Å²) in [5.41, 5.74) is 0.702. The van der Waals surface area contributed by atoms with E-state index in [1.54, 1.807) is 18.2 Å². The fraction of sp³-hybridized carbons (Fsp3) is 0.308. The Morgan fingerprint density at radius 1 is 1.33 bits per heavy atom. The summed E-state index contributed by atoms with van der Waals surface area (Å²) in [5.74, 6) is 0.355. The van der Waals surface area contributed by atoms with Crippen LogP contribution in [0, 0.1) is 0 Å². The molecule has 0 spiro atoms. The van der Waals surface area contributed by atoms with Crippen molar-refractivity contribution in [1.82, 2.24) is 5.32 Å². The number of aromatic hydroxyl groups is 1. The van der Waals surface area contributed by atoms with Crippen LogP contribution < -0.4 is 14.8 Å². The molecule has 0 aliphatic carbocycles. The molecule has 0 bridgehead atoms. The molecule has 0 unspecified atom stereocenters. The Bertz CT molecular complexity index is 429. The van der Waals surface area contributed by atoms with E-state index < -0.39 is 0 Å². The normalized spacial score (nSPS) is 10.4. The summed E-state index contributed by atoms with van der Waals surface area (Å²) in [6, 6.07) is 3.24. The molecule has 0 atom stereocenters. The lowest BCUT2D eigenvalue weighted by molar-refractivity contribution is -0.116. The van der Waals surface area contributed by atoms with Crippen LogP contribution in [0.3, 0.4) is 0 Å². The first kappa shape index (κ1) is 13.9. The van der Waals surface area contributed by atoms with Crippen molar-refractivity contribution >= 4 is 12.0 Å². The van der Waals surface area contributed by atoms with Crippen LogP contribution in [0.25, 0.3) is 6.08 Å². The molecule has 0 aliphatic heterocycles. The van der Waals surface area contributed by atoms with E-state index in [0.717, 1.165) is 0 Å². The van der Waals surface area contributed by atoms with Crippen LogP contribution in [0.1, 0.15) is 12.5 Å². The third kappa shape index (κ3) is 3.41. The van der Waals surface area contributed by atoms with Crippen molar-refractivity contribution in [3.05, 3.63) is 23.8 Å². The summed E-state index contributed by atoms with van der Waals surface area (Å²) in [6.45, 7) is 2.42.